The van der Waals surface area contributed by atoms with Gasteiger partial charge in [0.15, 0.2) is 0 Å². The lowest BCUT2D eigenvalue weighted by Crippen LogP contribution is -2.36. The Bertz CT molecular complexity index is 530. The van der Waals surface area contributed by atoms with E-state index >= 15 is 0 Å². The van der Waals surface area contributed by atoms with Gasteiger partial charge in [-0.15, -0.1) is 0 Å². The number of unbranched alkanes of at least 4 members (excludes halogenated alkanes) is 8. The zero-order valence-electron chi connectivity index (χ0n) is 17.3. The maximum atomic E-state index is 12.4. The highest BCUT2D eigenvalue weighted by molar-refractivity contribution is 5.77. The van der Waals surface area contributed by atoms with E-state index in [1.54, 1.807) is 0 Å². The first kappa shape index (κ1) is 23.2. The van der Waals surface area contributed by atoms with Gasteiger partial charge in [0, 0.05) is 6.92 Å². The molecule has 1 rings (SSSR count). The first-order valence-corrected chi connectivity index (χ1v) is 10.5. The highest BCUT2D eigenvalue weighted by Gasteiger charge is 2.30. The van der Waals surface area contributed by atoms with Gasteiger partial charge in [-0.3, -0.25) is 9.59 Å². The number of benzene rings is 1. The van der Waals surface area contributed by atoms with E-state index in [-0.39, 0.29) is 23.8 Å². The molecule has 0 saturated carbocycles. The van der Waals surface area contributed by atoms with Gasteiger partial charge in [-0.25, -0.2) is 0 Å². The lowest BCUT2D eigenvalue weighted by atomic mass is 9.88. The van der Waals surface area contributed by atoms with Crippen molar-refractivity contribution in [2.75, 3.05) is 7.11 Å². The fourth-order valence-corrected chi connectivity index (χ4v) is 3.54. The second-order valence-electron chi connectivity index (χ2n) is 7.34. The third-order valence-electron chi connectivity index (χ3n) is 5.04. The van der Waals surface area contributed by atoms with Crippen LogP contribution in [0.25, 0.3) is 0 Å². The average Bonchev–Trinajstić information content (AvgIpc) is 2.68. The molecule has 0 fully saturated rings. The third kappa shape index (κ3) is 9.60. The summed E-state index contributed by atoms with van der Waals surface area (Å²) in [4.78, 5) is 24.1. The van der Waals surface area contributed by atoms with Crippen LogP contribution in [0, 0.1) is 5.92 Å². The number of carbonyl (C=O) groups excluding carboxylic acids is 2. The fourth-order valence-electron chi connectivity index (χ4n) is 3.54. The van der Waals surface area contributed by atoms with E-state index in [2.05, 4.69) is 12.2 Å². The van der Waals surface area contributed by atoms with Crippen LogP contribution < -0.4 is 5.32 Å². The summed E-state index contributed by atoms with van der Waals surface area (Å²) in [5.41, 5.74) is 0.944. The molecule has 1 N–H and O–H groups in total. The Labute approximate surface area is 165 Å². The molecule has 0 bridgehead atoms. The number of hydrogen-bond acceptors (Lipinski definition) is 3. The number of esters is 1. The predicted molar refractivity (Wildman–Crippen MR) is 110 cm³/mol. The van der Waals surface area contributed by atoms with Crippen LogP contribution in [0.1, 0.15) is 89.7 Å². The molecule has 0 radical (unpaired) electrons. The second-order valence-corrected chi connectivity index (χ2v) is 7.34. The molecular weight excluding hydrogens is 338 g/mol. The SMILES string of the molecule is CCCCCCCCCCC[C@@H](C(=O)OC)[C@H](NC(C)=O)c1ccccc1. The van der Waals surface area contributed by atoms with E-state index in [4.69, 9.17) is 4.74 Å². The average molecular weight is 376 g/mol. The number of hydrogen-bond donors (Lipinski definition) is 1. The largest absolute Gasteiger partial charge is 0.469 e. The zero-order valence-corrected chi connectivity index (χ0v) is 17.3. The van der Waals surface area contributed by atoms with Crippen molar-refractivity contribution in [2.45, 2.75) is 84.1 Å². The van der Waals surface area contributed by atoms with Gasteiger partial charge in [0.1, 0.15) is 0 Å². The minimum absolute atomic E-state index is 0.134. The van der Waals surface area contributed by atoms with Crippen molar-refractivity contribution in [1.29, 1.82) is 0 Å². The Morgan fingerprint density at radius 2 is 1.48 bits per heavy atom. The number of ether oxygens (including phenoxy) is 1. The van der Waals surface area contributed by atoms with Crippen LogP contribution in [0.4, 0.5) is 0 Å². The summed E-state index contributed by atoms with van der Waals surface area (Å²) in [6, 6.07) is 9.35. The molecule has 152 valence electrons. The molecule has 0 heterocycles. The minimum Gasteiger partial charge on any atom is -0.469 e. The molecule has 0 aliphatic carbocycles. The van der Waals surface area contributed by atoms with E-state index in [0.717, 1.165) is 24.8 Å². The van der Waals surface area contributed by atoms with Gasteiger partial charge in [-0.1, -0.05) is 95.0 Å². The molecule has 4 nitrogen and oxygen atoms in total. The molecule has 1 aromatic rings. The first-order chi connectivity index (χ1) is 13.1. The Balaban J connectivity index is 2.55. The molecule has 2 atom stereocenters. The topological polar surface area (TPSA) is 55.4 Å². The van der Waals surface area contributed by atoms with Crippen molar-refractivity contribution in [3.8, 4) is 0 Å². The van der Waals surface area contributed by atoms with E-state index in [9.17, 15) is 9.59 Å². The van der Waals surface area contributed by atoms with E-state index in [1.165, 1.54) is 59.0 Å². The summed E-state index contributed by atoms with van der Waals surface area (Å²) < 4.78 is 5.04. The van der Waals surface area contributed by atoms with Crippen molar-refractivity contribution >= 4 is 11.9 Å². The van der Waals surface area contributed by atoms with Crippen LogP contribution in [-0.4, -0.2) is 19.0 Å². The zero-order chi connectivity index (χ0) is 19.9. The quantitative estimate of drug-likeness (QED) is 0.341. The van der Waals surface area contributed by atoms with Crippen molar-refractivity contribution < 1.29 is 14.3 Å². The summed E-state index contributed by atoms with van der Waals surface area (Å²) in [5, 5.41) is 2.95. The number of carbonyl (C=O) groups is 2. The van der Waals surface area contributed by atoms with Crippen LogP contribution >= 0.6 is 0 Å². The van der Waals surface area contributed by atoms with E-state index in [0.29, 0.717) is 0 Å². The smallest absolute Gasteiger partial charge is 0.311 e. The van der Waals surface area contributed by atoms with Crippen molar-refractivity contribution in [3.63, 3.8) is 0 Å². The van der Waals surface area contributed by atoms with Crippen molar-refractivity contribution in [1.82, 2.24) is 5.32 Å². The van der Waals surface area contributed by atoms with Gasteiger partial charge in [-0.2, -0.15) is 0 Å². The summed E-state index contributed by atoms with van der Waals surface area (Å²) in [5.74, 6) is -0.743. The van der Waals surface area contributed by atoms with Crippen LogP contribution in [-0.2, 0) is 14.3 Å². The van der Waals surface area contributed by atoms with Gasteiger partial charge >= 0.3 is 5.97 Å². The number of amides is 1. The third-order valence-corrected chi connectivity index (χ3v) is 5.04. The Morgan fingerprint density at radius 1 is 0.926 bits per heavy atom. The van der Waals surface area contributed by atoms with Gasteiger partial charge in [-0.05, 0) is 12.0 Å². The lowest BCUT2D eigenvalue weighted by Gasteiger charge is -2.26. The van der Waals surface area contributed by atoms with Crippen LogP contribution in [0.3, 0.4) is 0 Å². The van der Waals surface area contributed by atoms with Crippen LogP contribution in [0.5, 0.6) is 0 Å². The van der Waals surface area contributed by atoms with Crippen LogP contribution in [0.2, 0.25) is 0 Å². The van der Waals surface area contributed by atoms with E-state index in [1.807, 2.05) is 30.3 Å². The lowest BCUT2D eigenvalue weighted by molar-refractivity contribution is -0.147. The molecule has 27 heavy (non-hydrogen) atoms. The maximum Gasteiger partial charge on any atom is 0.311 e. The summed E-state index contributed by atoms with van der Waals surface area (Å²) in [6.07, 6.45) is 11.9. The number of nitrogens with one attached hydrogen (secondary N) is 1. The monoisotopic (exact) mass is 375 g/mol. The van der Waals surface area contributed by atoms with Crippen molar-refractivity contribution in [3.05, 3.63) is 35.9 Å². The molecule has 0 spiro atoms. The van der Waals surface area contributed by atoms with Gasteiger partial charge < -0.3 is 10.1 Å². The van der Waals surface area contributed by atoms with Crippen molar-refractivity contribution in [2.24, 2.45) is 5.92 Å². The molecule has 0 aliphatic heterocycles. The number of rotatable bonds is 14. The predicted octanol–water partition coefficient (Wildman–Crippen LogP) is 5.57. The number of methoxy groups -OCH3 is 1. The minimum atomic E-state index is -0.356. The molecule has 1 amide bonds. The second kappa shape index (κ2) is 14.2. The summed E-state index contributed by atoms with van der Waals surface area (Å²) in [7, 11) is 1.42. The normalized spacial score (nSPS) is 13.0. The molecule has 0 unspecified atom stereocenters. The highest BCUT2D eigenvalue weighted by Crippen LogP contribution is 2.28. The standard InChI is InChI=1S/C23H37NO3/c1-4-5-6-7-8-9-10-11-15-18-21(23(26)27-3)22(24-19(2)25)20-16-13-12-14-17-20/h12-14,16-17,21-22H,4-11,15,18H2,1-3H3,(H,24,25)/t21-,22-/m1/s1. The summed E-state index contributed by atoms with van der Waals surface area (Å²) in [6.45, 7) is 3.73. The molecular formula is C23H37NO3. The molecule has 0 aliphatic rings. The van der Waals surface area contributed by atoms with Gasteiger partial charge in [0.05, 0.1) is 19.1 Å². The highest BCUT2D eigenvalue weighted by atomic mass is 16.5. The maximum absolute atomic E-state index is 12.4. The Kier molecular flexibility index (Phi) is 12.2. The molecule has 0 aromatic heterocycles. The Morgan fingerprint density at radius 3 is 2.00 bits per heavy atom. The summed E-state index contributed by atoms with van der Waals surface area (Å²) >= 11 is 0. The van der Waals surface area contributed by atoms with E-state index < -0.39 is 0 Å². The fraction of sp³-hybridized carbons (Fsp3) is 0.652. The first-order valence-electron chi connectivity index (χ1n) is 10.5. The Hall–Kier alpha value is -1.84. The molecule has 0 saturated heterocycles. The molecule has 4 heteroatoms. The van der Waals surface area contributed by atoms with Gasteiger partial charge in [0.25, 0.3) is 0 Å². The van der Waals surface area contributed by atoms with Gasteiger partial charge in [0.2, 0.25) is 5.91 Å². The molecule has 1 aromatic carbocycles. The van der Waals surface area contributed by atoms with Crippen LogP contribution in [0.15, 0.2) is 30.3 Å².